The van der Waals surface area contributed by atoms with Crippen LogP contribution in [-0.4, -0.2) is 56.7 Å². The quantitative estimate of drug-likeness (QED) is 0.734. The van der Waals surface area contributed by atoms with Gasteiger partial charge in [-0.1, -0.05) is 23.7 Å². The van der Waals surface area contributed by atoms with Gasteiger partial charge in [0.15, 0.2) is 0 Å². The number of morpholine rings is 1. The molecule has 1 fully saturated rings. The summed E-state index contributed by atoms with van der Waals surface area (Å²) in [5.41, 5.74) is 1.04. The third-order valence-corrected chi connectivity index (χ3v) is 3.65. The highest BCUT2D eigenvalue weighted by Crippen LogP contribution is 2.08. The summed E-state index contributed by atoms with van der Waals surface area (Å²) in [7, 11) is 0. The van der Waals surface area contributed by atoms with Gasteiger partial charge in [-0.05, 0) is 17.7 Å². The number of amides is 1. The van der Waals surface area contributed by atoms with E-state index in [9.17, 15) is 4.79 Å². The normalized spacial score (nSPS) is 15.9. The van der Waals surface area contributed by atoms with Crippen LogP contribution < -0.4 is 10.6 Å². The minimum absolute atomic E-state index is 0.00641. The predicted octanol–water partition coefficient (Wildman–Crippen LogP) is 0.878. The Morgan fingerprint density at radius 2 is 1.95 bits per heavy atom. The molecule has 5 nitrogen and oxygen atoms in total. The highest BCUT2D eigenvalue weighted by Gasteiger charge is 2.09. The fourth-order valence-electron chi connectivity index (χ4n) is 2.13. The maximum absolute atomic E-state index is 11.7. The standard InChI is InChI=1S/C15H22ClN3O2/c16-14-3-1-13(2-4-14)11-18-15(20)12-17-5-6-19-7-9-21-10-8-19/h1-4,17H,5-12H2,(H,18,20). The average molecular weight is 312 g/mol. The van der Waals surface area contributed by atoms with Crippen molar-refractivity contribution in [2.45, 2.75) is 6.54 Å². The van der Waals surface area contributed by atoms with Crippen molar-refractivity contribution in [3.63, 3.8) is 0 Å². The molecule has 0 atom stereocenters. The lowest BCUT2D eigenvalue weighted by Crippen LogP contribution is -2.42. The van der Waals surface area contributed by atoms with Gasteiger partial charge in [-0.15, -0.1) is 0 Å². The van der Waals surface area contributed by atoms with Crippen molar-refractivity contribution in [1.29, 1.82) is 0 Å². The number of ether oxygens (including phenoxy) is 1. The zero-order valence-corrected chi connectivity index (χ0v) is 12.9. The van der Waals surface area contributed by atoms with Crippen molar-refractivity contribution in [3.8, 4) is 0 Å². The molecule has 21 heavy (non-hydrogen) atoms. The highest BCUT2D eigenvalue weighted by molar-refractivity contribution is 6.30. The molecular weight excluding hydrogens is 290 g/mol. The number of benzene rings is 1. The molecule has 2 rings (SSSR count). The predicted molar refractivity (Wildman–Crippen MR) is 83.4 cm³/mol. The van der Waals surface area contributed by atoms with Crippen LogP contribution in [0.2, 0.25) is 5.02 Å². The van der Waals surface area contributed by atoms with Crippen LogP contribution in [-0.2, 0) is 16.1 Å². The Bertz CT molecular complexity index is 433. The van der Waals surface area contributed by atoms with Gasteiger partial charge in [-0.2, -0.15) is 0 Å². The molecule has 0 saturated carbocycles. The lowest BCUT2D eigenvalue weighted by molar-refractivity contribution is -0.120. The van der Waals surface area contributed by atoms with Crippen molar-refractivity contribution in [3.05, 3.63) is 34.9 Å². The highest BCUT2D eigenvalue weighted by atomic mass is 35.5. The first-order valence-corrected chi connectivity index (χ1v) is 7.64. The maximum Gasteiger partial charge on any atom is 0.234 e. The summed E-state index contributed by atoms with van der Waals surface area (Å²) in [6.45, 7) is 6.21. The Hall–Kier alpha value is -1.14. The summed E-state index contributed by atoms with van der Waals surface area (Å²) < 4.78 is 5.29. The van der Waals surface area contributed by atoms with Gasteiger partial charge in [0, 0.05) is 37.7 Å². The molecule has 0 radical (unpaired) electrons. The first-order valence-electron chi connectivity index (χ1n) is 7.26. The van der Waals surface area contributed by atoms with E-state index in [0.29, 0.717) is 18.1 Å². The van der Waals surface area contributed by atoms with Gasteiger partial charge < -0.3 is 15.4 Å². The fraction of sp³-hybridized carbons (Fsp3) is 0.533. The molecule has 0 bridgehead atoms. The average Bonchev–Trinajstić information content (AvgIpc) is 2.52. The van der Waals surface area contributed by atoms with Gasteiger partial charge >= 0.3 is 0 Å². The van der Waals surface area contributed by atoms with Gasteiger partial charge in [0.1, 0.15) is 0 Å². The number of hydrogen-bond acceptors (Lipinski definition) is 4. The van der Waals surface area contributed by atoms with Crippen molar-refractivity contribution < 1.29 is 9.53 Å². The molecule has 1 aromatic rings. The molecular formula is C15H22ClN3O2. The monoisotopic (exact) mass is 311 g/mol. The van der Waals surface area contributed by atoms with Crippen LogP contribution in [0.5, 0.6) is 0 Å². The molecule has 0 aromatic heterocycles. The van der Waals surface area contributed by atoms with Gasteiger partial charge in [-0.3, -0.25) is 9.69 Å². The number of carbonyl (C=O) groups is 1. The second-order valence-corrected chi connectivity index (χ2v) is 5.47. The van der Waals surface area contributed by atoms with E-state index >= 15 is 0 Å². The Kier molecular flexibility index (Phi) is 6.95. The molecule has 1 aliphatic rings. The van der Waals surface area contributed by atoms with Crippen molar-refractivity contribution in [2.24, 2.45) is 0 Å². The Morgan fingerprint density at radius 1 is 1.24 bits per heavy atom. The van der Waals surface area contributed by atoms with Gasteiger partial charge in [0.25, 0.3) is 0 Å². The van der Waals surface area contributed by atoms with E-state index in [2.05, 4.69) is 15.5 Å². The molecule has 1 amide bonds. The first kappa shape index (κ1) is 16.2. The van der Waals surface area contributed by atoms with Crippen LogP contribution in [0, 0.1) is 0 Å². The van der Waals surface area contributed by atoms with Gasteiger partial charge in [0.05, 0.1) is 19.8 Å². The number of carbonyl (C=O) groups excluding carboxylic acids is 1. The second kappa shape index (κ2) is 9.00. The zero-order valence-electron chi connectivity index (χ0n) is 12.1. The molecule has 6 heteroatoms. The van der Waals surface area contributed by atoms with Gasteiger partial charge in [-0.25, -0.2) is 0 Å². The van der Waals surface area contributed by atoms with Crippen LogP contribution in [0.4, 0.5) is 0 Å². The SMILES string of the molecule is O=C(CNCCN1CCOCC1)NCc1ccc(Cl)cc1. The molecule has 116 valence electrons. The Balaban J connectivity index is 1.54. The van der Waals surface area contributed by atoms with E-state index in [1.165, 1.54) is 0 Å². The van der Waals surface area contributed by atoms with E-state index in [-0.39, 0.29) is 5.91 Å². The summed E-state index contributed by atoms with van der Waals surface area (Å²) in [5.74, 6) is 0.00641. The van der Waals surface area contributed by atoms with Crippen LogP contribution >= 0.6 is 11.6 Å². The van der Waals surface area contributed by atoms with Crippen LogP contribution in [0.3, 0.4) is 0 Å². The number of rotatable bonds is 7. The topological polar surface area (TPSA) is 53.6 Å². The minimum Gasteiger partial charge on any atom is -0.379 e. The molecule has 0 unspecified atom stereocenters. The molecule has 0 spiro atoms. The van der Waals surface area contributed by atoms with E-state index in [0.717, 1.165) is 45.0 Å². The summed E-state index contributed by atoms with van der Waals surface area (Å²) >= 11 is 5.81. The van der Waals surface area contributed by atoms with Crippen LogP contribution in [0.1, 0.15) is 5.56 Å². The number of hydrogen-bond donors (Lipinski definition) is 2. The van der Waals surface area contributed by atoms with E-state index in [4.69, 9.17) is 16.3 Å². The molecule has 2 N–H and O–H groups in total. The van der Waals surface area contributed by atoms with E-state index in [1.54, 1.807) is 0 Å². The smallest absolute Gasteiger partial charge is 0.234 e. The summed E-state index contributed by atoms with van der Waals surface area (Å²) in [4.78, 5) is 14.0. The summed E-state index contributed by atoms with van der Waals surface area (Å²) in [6.07, 6.45) is 0. The molecule has 0 aliphatic carbocycles. The van der Waals surface area contributed by atoms with E-state index in [1.807, 2.05) is 24.3 Å². The number of nitrogens with one attached hydrogen (secondary N) is 2. The minimum atomic E-state index is 0.00641. The molecule has 1 aromatic carbocycles. The molecule has 1 saturated heterocycles. The summed E-state index contributed by atoms with van der Waals surface area (Å²) in [5, 5.41) is 6.74. The zero-order chi connectivity index (χ0) is 14.9. The van der Waals surface area contributed by atoms with Crippen LogP contribution in [0.25, 0.3) is 0 Å². The lowest BCUT2D eigenvalue weighted by atomic mass is 10.2. The Labute approximate surface area is 130 Å². The molecule has 1 aliphatic heterocycles. The lowest BCUT2D eigenvalue weighted by Gasteiger charge is -2.26. The van der Waals surface area contributed by atoms with Gasteiger partial charge in [0.2, 0.25) is 5.91 Å². The van der Waals surface area contributed by atoms with E-state index < -0.39 is 0 Å². The van der Waals surface area contributed by atoms with Crippen molar-refractivity contribution >= 4 is 17.5 Å². The third kappa shape index (κ3) is 6.44. The van der Waals surface area contributed by atoms with Crippen molar-refractivity contribution in [1.82, 2.24) is 15.5 Å². The second-order valence-electron chi connectivity index (χ2n) is 5.03. The third-order valence-electron chi connectivity index (χ3n) is 3.40. The number of halogens is 1. The Morgan fingerprint density at radius 3 is 2.67 bits per heavy atom. The van der Waals surface area contributed by atoms with Crippen LogP contribution in [0.15, 0.2) is 24.3 Å². The van der Waals surface area contributed by atoms with Crippen molar-refractivity contribution in [2.75, 3.05) is 45.9 Å². The fourth-order valence-corrected chi connectivity index (χ4v) is 2.26. The summed E-state index contributed by atoms with van der Waals surface area (Å²) in [6, 6.07) is 7.47. The number of nitrogens with zero attached hydrogens (tertiary/aromatic N) is 1. The first-order chi connectivity index (χ1) is 10.2. The largest absolute Gasteiger partial charge is 0.379 e. The molecule has 1 heterocycles. The maximum atomic E-state index is 11.7.